The Hall–Kier alpha value is -3.78. The highest BCUT2D eigenvalue weighted by Crippen LogP contribution is 2.20. The van der Waals surface area contributed by atoms with Crippen LogP contribution in [-0.4, -0.2) is 74.9 Å². The molecule has 4 rings (SSSR count). The van der Waals surface area contributed by atoms with E-state index in [1.54, 1.807) is 6.20 Å². The Morgan fingerprint density at radius 2 is 1.97 bits per heavy atom. The Kier molecular flexibility index (Phi) is 6.65. The summed E-state index contributed by atoms with van der Waals surface area (Å²) in [6.07, 6.45) is 6.89. The summed E-state index contributed by atoms with van der Waals surface area (Å²) in [7, 11) is 0. The van der Waals surface area contributed by atoms with Gasteiger partial charge < -0.3 is 19.1 Å². The average Bonchev–Trinajstić information content (AvgIpc) is 3.19. The van der Waals surface area contributed by atoms with Crippen LogP contribution in [0, 0.1) is 18.3 Å². The van der Waals surface area contributed by atoms with Gasteiger partial charge in [-0.15, -0.1) is 0 Å². The smallest absolute Gasteiger partial charge is 0.273 e. The fourth-order valence-corrected chi connectivity index (χ4v) is 4.02. The second-order valence-electron chi connectivity index (χ2n) is 8.10. The van der Waals surface area contributed by atoms with Crippen LogP contribution < -0.4 is 10.5 Å². The quantitative estimate of drug-likeness (QED) is 0.527. The van der Waals surface area contributed by atoms with Crippen molar-refractivity contribution >= 4 is 22.8 Å². The molecule has 0 bridgehead atoms. The number of aromatic amines is 1. The molecular formula is C22H26N8O3. The van der Waals surface area contributed by atoms with Crippen LogP contribution in [0.1, 0.15) is 30.5 Å². The van der Waals surface area contributed by atoms with Crippen LogP contribution in [-0.2, 0) is 9.53 Å². The highest BCUT2D eigenvalue weighted by Gasteiger charge is 2.22. The van der Waals surface area contributed by atoms with Gasteiger partial charge in [-0.3, -0.25) is 9.59 Å². The summed E-state index contributed by atoms with van der Waals surface area (Å²) in [6, 6.07) is 2.00. The van der Waals surface area contributed by atoms with E-state index in [1.165, 1.54) is 12.4 Å². The van der Waals surface area contributed by atoms with Gasteiger partial charge in [0.25, 0.3) is 5.56 Å². The third kappa shape index (κ3) is 4.85. The maximum absolute atomic E-state index is 12.6. The number of hydrogen-bond donors (Lipinski definition) is 1. The van der Waals surface area contributed by atoms with Crippen molar-refractivity contribution in [3.63, 3.8) is 0 Å². The summed E-state index contributed by atoms with van der Waals surface area (Å²) in [5.74, 6) is 0.629. The minimum absolute atomic E-state index is 0.00383. The van der Waals surface area contributed by atoms with Crippen LogP contribution in [0.3, 0.4) is 0 Å². The van der Waals surface area contributed by atoms with Gasteiger partial charge in [0, 0.05) is 32.4 Å². The predicted molar refractivity (Wildman–Crippen MR) is 121 cm³/mol. The van der Waals surface area contributed by atoms with Crippen LogP contribution in [0.25, 0.3) is 10.9 Å². The molecule has 1 saturated heterocycles. The zero-order valence-corrected chi connectivity index (χ0v) is 18.7. The van der Waals surface area contributed by atoms with Gasteiger partial charge in [0.15, 0.2) is 0 Å². The van der Waals surface area contributed by atoms with E-state index in [0.717, 1.165) is 11.1 Å². The van der Waals surface area contributed by atoms with Gasteiger partial charge in [-0.25, -0.2) is 15.1 Å². The van der Waals surface area contributed by atoms with Crippen molar-refractivity contribution in [1.29, 1.82) is 5.26 Å². The molecule has 4 heterocycles. The summed E-state index contributed by atoms with van der Waals surface area (Å²) >= 11 is 0. The molecule has 3 aromatic rings. The SMILES string of the molecule is Cc1cn(C(C)COCCC(=O)N2CCN(c3ncc(C#N)cn3)CC2)c2cn[nH]c(=O)c12. The molecule has 1 aliphatic heterocycles. The monoisotopic (exact) mass is 450 g/mol. The molecular weight excluding hydrogens is 424 g/mol. The highest BCUT2D eigenvalue weighted by atomic mass is 16.5. The zero-order chi connectivity index (χ0) is 23.4. The van der Waals surface area contributed by atoms with Gasteiger partial charge in [-0.05, 0) is 19.4 Å². The third-order valence-electron chi connectivity index (χ3n) is 5.82. The summed E-state index contributed by atoms with van der Waals surface area (Å²) in [4.78, 5) is 36.8. The summed E-state index contributed by atoms with van der Waals surface area (Å²) in [5, 5.41) is 15.9. The van der Waals surface area contributed by atoms with Crippen LogP contribution in [0.15, 0.2) is 29.6 Å². The number of piperazine rings is 1. The molecule has 11 nitrogen and oxygen atoms in total. The fraction of sp³-hybridized carbons (Fsp3) is 0.455. The Bertz CT molecular complexity index is 1220. The molecule has 0 radical (unpaired) electrons. The van der Waals surface area contributed by atoms with E-state index in [1.807, 2.05) is 40.5 Å². The molecule has 1 N–H and O–H groups in total. The molecule has 1 aliphatic rings. The summed E-state index contributed by atoms with van der Waals surface area (Å²) < 4.78 is 7.77. The number of ether oxygens (including phenoxy) is 1. The lowest BCUT2D eigenvalue weighted by atomic mass is 10.2. The predicted octanol–water partition coefficient (Wildman–Crippen LogP) is 1.01. The molecule has 1 atom stereocenters. The van der Waals surface area contributed by atoms with E-state index in [2.05, 4.69) is 20.2 Å². The normalized spacial score (nSPS) is 14.9. The molecule has 1 unspecified atom stereocenters. The number of aromatic nitrogens is 5. The van der Waals surface area contributed by atoms with Gasteiger partial charge >= 0.3 is 0 Å². The largest absolute Gasteiger partial charge is 0.379 e. The van der Waals surface area contributed by atoms with Gasteiger partial charge in [0.2, 0.25) is 11.9 Å². The Morgan fingerprint density at radius 1 is 1.24 bits per heavy atom. The van der Waals surface area contributed by atoms with E-state index in [0.29, 0.717) is 62.7 Å². The van der Waals surface area contributed by atoms with Gasteiger partial charge in [0.1, 0.15) is 6.07 Å². The molecule has 0 spiro atoms. The number of hydrogen-bond acceptors (Lipinski definition) is 8. The van der Waals surface area contributed by atoms with Gasteiger partial charge in [0.05, 0.1) is 60.7 Å². The molecule has 0 aromatic carbocycles. The van der Waals surface area contributed by atoms with Crippen LogP contribution in [0.5, 0.6) is 0 Å². The number of fused-ring (bicyclic) bond motifs is 1. The van der Waals surface area contributed by atoms with Gasteiger partial charge in [-0.1, -0.05) is 0 Å². The number of nitrogens with zero attached hydrogens (tertiary/aromatic N) is 7. The standard InChI is InChI=1S/C22H26N8O3/c1-15-13-30(18-12-26-27-21(32)20(15)18)16(2)14-33-8-3-19(31)28-4-6-29(7-5-28)22-24-10-17(9-23)11-25-22/h10-13,16H,3-8,14H2,1-2H3,(H,27,32). The highest BCUT2D eigenvalue weighted by molar-refractivity contribution is 5.82. The number of carbonyl (C=O) groups is 1. The Balaban J connectivity index is 1.22. The molecule has 172 valence electrons. The van der Waals surface area contributed by atoms with Crippen molar-refractivity contribution in [3.8, 4) is 6.07 Å². The second kappa shape index (κ2) is 9.79. The van der Waals surface area contributed by atoms with E-state index < -0.39 is 0 Å². The van der Waals surface area contributed by atoms with Crippen molar-refractivity contribution < 1.29 is 9.53 Å². The summed E-state index contributed by atoms with van der Waals surface area (Å²) in [6.45, 7) is 7.13. The zero-order valence-electron chi connectivity index (χ0n) is 18.7. The van der Waals surface area contributed by atoms with Crippen molar-refractivity contribution in [2.24, 2.45) is 0 Å². The molecule has 1 fully saturated rings. The first-order valence-corrected chi connectivity index (χ1v) is 10.9. The molecule has 11 heteroatoms. The number of rotatable bonds is 7. The Labute approximate surface area is 190 Å². The van der Waals surface area contributed by atoms with Crippen LogP contribution in [0.2, 0.25) is 0 Å². The lowest BCUT2D eigenvalue weighted by molar-refractivity contribution is -0.132. The van der Waals surface area contributed by atoms with Crippen LogP contribution >= 0.6 is 0 Å². The maximum atomic E-state index is 12.6. The fourth-order valence-electron chi connectivity index (χ4n) is 4.02. The van der Waals surface area contributed by atoms with Crippen LogP contribution in [0.4, 0.5) is 5.95 Å². The number of H-pyrrole nitrogens is 1. The number of nitriles is 1. The van der Waals surface area contributed by atoms with Gasteiger partial charge in [-0.2, -0.15) is 10.4 Å². The second-order valence-corrected chi connectivity index (χ2v) is 8.10. The topological polar surface area (TPSA) is 133 Å². The number of carbonyl (C=O) groups excluding carboxylic acids is 1. The minimum atomic E-state index is -0.201. The first-order valence-electron chi connectivity index (χ1n) is 10.9. The van der Waals surface area contributed by atoms with Crippen molar-refractivity contribution in [2.45, 2.75) is 26.3 Å². The first-order chi connectivity index (χ1) is 16.0. The Morgan fingerprint density at radius 3 is 2.67 bits per heavy atom. The summed E-state index contributed by atoms with van der Waals surface area (Å²) in [5.41, 5.74) is 1.88. The van der Waals surface area contributed by atoms with Crippen molar-refractivity contribution in [1.82, 2.24) is 29.6 Å². The van der Waals surface area contributed by atoms with E-state index in [-0.39, 0.29) is 17.5 Å². The lowest BCUT2D eigenvalue weighted by Crippen LogP contribution is -2.49. The first kappa shape index (κ1) is 22.4. The minimum Gasteiger partial charge on any atom is -0.379 e. The molecule has 33 heavy (non-hydrogen) atoms. The van der Waals surface area contributed by atoms with Crippen molar-refractivity contribution in [3.05, 3.63) is 46.3 Å². The number of anilines is 1. The maximum Gasteiger partial charge on any atom is 0.273 e. The van der Waals surface area contributed by atoms with E-state index in [9.17, 15) is 9.59 Å². The molecule has 0 saturated carbocycles. The third-order valence-corrected chi connectivity index (χ3v) is 5.82. The average molecular weight is 451 g/mol. The lowest BCUT2D eigenvalue weighted by Gasteiger charge is -2.34. The number of aryl methyl sites for hydroxylation is 1. The number of amides is 1. The van der Waals surface area contributed by atoms with E-state index >= 15 is 0 Å². The number of nitrogens with one attached hydrogen (secondary N) is 1. The molecule has 1 amide bonds. The molecule has 3 aromatic heterocycles. The van der Waals surface area contributed by atoms with E-state index in [4.69, 9.17) is 10.00 Å². The van der Waals surface area contributed by atoms with Crippen molar-refractivity contribution in [2.75, 3.05) is 44.3 Å². The molecule has 0 aliphatic carbocycles.